The molecule has 0 spiro atoms. The average Bonchev–Trinajstić information content (AvgIpc) is 2.72. The van der Waals surface area contributed by atoms with Gasteiger partial charge in [0.2, 0.25) is 11.7 Å². The zero-order valence-corrected chi connectivity index (χ0v) is 18.4. The average molecular weight is 419 g/mol. The van der Waals surface area contributed by atoms with Crippen molar-refractivity contribution in [3.63, 3.8) is 0 Å². The number of amides is 2. The van der Waals surface area contributed by atoms with Crippen LogP contribution in [0.4, 0.5) is 0 Å². The number of Topliss-reactive ketones (excluding diaryl/α,β-unsaturated/α-hetero) is 1. The van der Waals surface area contributed by atoms with E-state index in [9.17, 15) is 19.2 Å². The standard InChI is InChI=1S/C23H34N2O5/c1-5-6-8-13-20(26)22(28)24-18(14-16(2)3)21(27)25-19(23(29)30-4)15-17-11-9-7-10-12-17/h7,9-12,16,18-19H,5-6,8,13-15H2,1-4H3,(H,24,28)(H,25,27)/t18-,19-/m0/s1. The zero-order valence-electron chi connectivity index (χ0n) is 18.4. The normalized spacial score (nSPS) is 12.7. The van der Waals surface area contributed by atoms with E-state index in [1.165, 1.54) is 7.11 Å². The number of carbonyl (C=O) groups excluding carboxylic acids is 4. The molecule has 0 aliphatic carbocycles. The first-order valence-corrected chi connectivity index (χ1v) is 10.5. The molecule has 1 aromatic carbocycles. The molecular formula is C23H34N2O5. The van der Waals surface area contributed by atoms with Gasteiger partial charge in [-0.1, -0.05) is 63.9 Å². The Morgan fingerprint density at radius 1 is 0.967 bits per heavy atom. The molecule has 0 bridgehead atoms. The smallest absolute Gasteiger partial charge is 0.328 e. The lowest BCUT2D eigenvalue weighted by atomic mass is 10.0. The number of nitrogens with one attached hydrogen (secondary N) is 2. The summed E-state index contributed by atoms with van der Waals surface area (Å²) in [5.41, 5.74) is 0.865. The summed E-state index contributed by atoms with van der Waals surface area (Å²) in [6, 6.07) is 7.46. The van der Waals surface area contributed by atoms with Crippen molar-refractivity contribution in [3.05, 3.63) is 35.9 Å². The van der Waals surface area contributed by atoms with Crippen LogP contribution < -0.4 is 10.6 Å². The third-order valence-electron chi connectivity index (χ3n) is 4.67. The molecule has 30 heavy (non-hydrogen) atoms. The number of carbonyl (C=O) groups is 4. The Morgan fingerprint density at radius 2 is 1.63 bits per heavy atom. The molecule has 2 N–H and O–H groups in total. The number of hydrogen-bond donors (Lipinski definition) is 2. The van der Waals surface area contributed by atoms with E-state index >= 15 is 0 Å². The van der Waals surface area contributed by atoms with E-state index in [0.717, 1.165) is 18.4 Å². The molecule has 7 nitrogen and oxygen atoms in total. The first-order chi connectivity index (χ1) is 14.3. The Kier molecular flexibility index (Phi) is 11.4. The molecule has 0 unspecified atom stereocenters. The fourth-order valence-corrected chi connectivity index (χ4v) is 3.05. The van der Waals surface area contributed by atoms with E-state index in [2.05, 4.69) is 10.6 Å². The highest BCUT2D eigenvalue weighted by atomic mass is 16.5. The van der Waals surface area contributed by atoms with Crippen LogP contribution in [0.3, 0.4) is 0 Å². The van der Waals surface area contributed by atoms with Crippen LogP contribution in [-0.4, -0.2) is 42.8 Å². The van der Waals surface area contributed by atoms with Crippen LogP contribution in [0.15, 0.2) is 30.3 Å². The van der Waals surface area contributed by atoms with Gasteiger partial charge in [0.25, 0.3) is 5.91 Å². The minimum absolute atomic E-state index is 0.0990. The van der Waals surface area contributed by atoms with Crippen LogP contribution in [0.2, 0.25) is 0 Å². The van der Waals surface area contributed by atoms with Crippen LogP contribution in [0.25, 0.3) is 0 Å². The number of rotatable bonds is 13. The summed E-state index contributed by atoms with van der Waals surface area (Å²) in [7, 11) is 1.26. The zero-order chi connectivity index (χ0) is 22.5. The summed E-state index contributed by atoms with van der Waals surface area (Å²) in [6.45, 7) is 5.84. The first kappa shape index (κ1) is 25.3. The Morgan fingerprint density at radius 3 is 2.20 bits per heavy atom. The fraction of sp³-hybridized carbons (Fsp3) is 0.565. The Balaban J connectivity index is 2.84. The highest BCUT2D eigenvalue weighted by molar-refractivity contribution is 6.36. The van der Waals surface area contributed by atoms with Gasteiger partial charge in [0.05, 0.1) is 7.11 Å². The van der Waals surface area contributed by atoms with Crippen LogP contribution >= 0.6 is 0 Å². The van der Waals surface area contributed by atoms with Gasteiger partial charge < -0.3 is 15.4 Å². The molecule has 0 saturated heterocycles. The van der Waals surface area contributed by atoms with Gasteiger partial charge in [0.1, 0.15) is 12.1 Å². The van der Waals surface area contributed by atoms with Crippen molar-refractivity contribution in [2.45, 2.75) is 71.4 Å². The van der Waals surface area contributed by atoms with Gasteiger partial charge in [-0.15, -0.1) is 0 Å². The summed E-state index contributed by atoms with van der Waals surface area (Å²) in [4.78, 5) is 49.4. The SMILES string of the molecule is CCCCCC(=O)C(=O)N[C@@H](CC(C)C)C(=O)N[C@@H](Cc1ccccc1)C(=O)OC. The van der Waals surface area contributed by atoms with Crippen LogP contribution in [0, 0.1) is 5.92 Å². The number of unbranched alkanes of at least 4 members (excludes halogenated alkanes) is 2. The van der Waals surface area contributed by atoms with Crippen LogP contribution in [-0.2, 0) is 30.3 Å². The third-order valence-corrected chi connectivity index (χ3v) is 4.67. The molecular weight excluding hydrogens is 384 g/mol. The summed E-state index contributed by atoms with van der Waals surface area (Å²) in [5.74, 6) is -2.27. The van der Waals surface area contributed by atoms with Crippen molar-refractivity contribution in [2.75, 3.05) is 7.11 Å². The Labute approximate surface area is 178 Å². The minimum Gasteiger partial charge on any atom is -0.467 e. The summed E-state index contributed by atoms with van der Waals surface area (Å²) >= 11 is 0. The highest BCUT2D eigenvalue weighted by Crippen LogP contribution is 2.09. The lowest BCUT2D eigenvalue weighted by Gasteiger charge is -2.23. The van der Waals surface area contributed by atoms with Gasteiger partial charge in [0, 0.05) is 12.8 Å². The molecule has 1 aromatic rings. The predicted molar refractivity (Wildman–Crippen MR) is 115 cm³/mol. The van der Waals surface area contributed by atoms with E-state index in [-0.39, 0.29) is 18.8 Å². The maximum atomic E-state index is 12.9. The number of methoxy groups -OCH3 is 1. The second-order valence-electron chi connectivity index (χ2n) is 7.81. The molecule has 0 radical (unpaired) electrons. The van der Waals surface area contributed by atoms with Gasteiger partial charge in [-0.25, -0.2) is 4.79 Å². The molecule has 7 heteroatoms. The minimum atomic E-state index is -0.907. The van der Waals surface area contributed by atoms with Crippen molar-refractivity contribution in [1.82, 2.24) is 10.6 Å². The number of ether oxygens (including phenoxy) is 1. The molecule has 0 fully saturated rings. The monoisotopic (exact) mass is 418 g/mol. The van der Waals surface area contributed by atoms with Crippen LogP contribution in [0.5, 0.6) is 0 Å². The molecule has 0 saturated carbocycles. The summed E-state index contributed by atoms with van der Waals surface area (Å²) in [5, 5.41) is 5.23. The maximum Gasteiger partial charge on any atom is 0.328 e. The van der Waals surface area contributed by atoms with Crippen LogP contribution in [0.1, 0.15) is 58.4 Å². The van der Waals surface area contributed by atoms with Gasteiger partial charge >= 0.3 is 5.97 Å². The van der Waals surface area contributed by atoms with Gasteiger partial charge in [-0.05, 0) is 24.3 Å². The van der Waals surface area contributed by atoms with E-state index in [1.54, 1.807) is 0 Å². The van der Waals surface area contributed by atoms with Crippen molar-refractivity contribution in [3.8, 4) is 0 Å². The Hall–Kier alpha value is -2.70. The van der Waals surface area contributed by atoms with Gasteiger partial charge in [-0.3, -0.25) is 14.4 Å². The lowest BCUT2D eigenvalue weighted by Crippen LogP contribution is -2.53. The third kappa shape index (κ3) is 9.20. The first-order valence-electron chi connectivity index (χ1n) is 10.5. The molecule has 0 aliphatic rings. The van der Waals surface area contributed by atoms with E-state index < -0.39 is 35.7 Å². The number of benzene rings is 1. The predicted octanol–water partition coefficient (Wildman–Crippen LogP) is 2.57. The highest BCUT2D eigenvalue weighted by Gasteiger charge is 2.29. The second-order valence-corrected chi connectivity index (χ2v) is 7.81. The maximum absolute atomic E-state index is 12.9. The van der Waals surface area contributed by atoms with E-state index in [1.807, 2.05) is 51.1 Å². The van der Waals surface area contributed by atoms with Crippen molar-refractivity contribution >= 4 is 23.6 Å². The van der Waals surface area contributed by atoms with Gasteiger partial charge in [0.15, 0.2) is 0 Å². The summed E-state index contributed by atoms with van der Waals surface area (Å²) in [6.07, 6.45) is 3.23. The Bertz CT molecular complexity index is 703. The molecule has 2 amide bonds. The van der Waals surface area contributed by atoms with E-state index in [0.29, 0.717) is 12.8 Å². The fourth-order valence-electron chi connectivity index (χ4n) is 3.05. The van der Waals surface area contributed by atoms with Gasteiger partial charge in [-0.2, -0.15) is 0 Å². The number of esters is 1. The molecule has 0 heterocycles. The molecule has 166 valence electrons. The van der Waals surface area contributed by atoms with Crippen molar-refractivity contribution < 1.29 is 23.9 Å². The quantitative estimate of drug-likeness (QED) is 0.291. The number of ketones is 1. The largest absolute Gasteiger partial charge is 0.467 e. The molecule has 1 rings (SSSR count). The lowest BCUT2D eigenvalue weighted by molar-refractivity contribution is -0.145. The van der Waals surface area contributed by atoms with Crippen molar-refractivity contribution in [2.24, 2.45) is 5.92 Å². The second kappa shape index (κ2) is 13.5. The molecule has 2 atom stereocenters. The van der Waals surface area contributed by atoms with Crippen molar-refractivity contribution in [1.29, 1.82) is 0 Å². The topological polar surface area (TPSA) is 102 Å². The number of hydrogen-bond acceptors (Lipinski definition) is 5. The van der Waals surface area contributed by atoms with E-state index in [4.69, 9.17) is 4.74 Å². The summed E-state index contributed by atoms with van der Waals surface area (Å²) < 4.78 is 4.83. The molecule has 0 aromatic heterocycles. The molecule has 0 aliphatic heterocycles.